The Morgan fingerprint density at radius 2 is 2.44 bits per heavy atom. The van der Waals surface area contributed by atoms with Crippen LogP contribution in [0, 0.1) is 0 Å². The number of methoxy groups -OCH3 is 1. The Morgan fingerprint density at radius 1 is 1.56 bits per heavy atom. The average molecular weight is 250 g/mol. The molecule has 0 saturated carbocycles. The summed E-state index contributed by atoms with van der Waals surface area (Å²) in [7, 11) is 1.64. The fourth-order valence-corrected chi connectivity index (χ4v) is 2.34. The normalized spacial score (nSPS) is 19.2. The van der Waals surface area contributed by atoms with E-state index in [0.717, 1.165) is 25.6 Å². The highest BCUT2D eigenvalue weighted by Crippen LogP contribution is 2.23. The summed E-state index contributed by atoms with van der Waals surface area (Å²) in [5.74, 6) is 1.42. The maximum Gasteiger partial charge on any atom is 0.228 e. The number of aromatic nitrogens is 2. The van der Waals surface area contributed by atoms with Crippen LogP contribution in [0.4, 0.5) is 5.95 Å². The van der Waals surface area contributed by atoms with Gasteiger partial charge in [0.05, 0.1) is 7.11 Å². The minimum atomic E-state index is 0.503. The zero-order valence-electron chi connectivity index (χ0n) is 11.2. The number of hydrogen-bond donors (Lipinski definition) is 1. The molecule has 0 spiro atoms. The predicted molar refractivity (Wildman–Crippen MR) is 72.1 cm³/mol. The molecule has 100 valence electrons. The molecule has 1 aliphatic rings. The Labute approximate surface area is 109 Å². The van der Waals surface area contributed by atoms with Gasteiger partial charge in [0.2, 0.25) is 11.8 Å². The van der Waals surface area contributed by atoms with Crippen molar-refractivity contribution in [2.45, 2.75) is 32.2 Å². The van der Waals surface area contributed by atoms with E-state index in [1.165, 1.54) is 19.3 Å². The summed E-state index contributed by atoms with van der Waals surface area (Å²) in [5, 5.41) is 3.48. The molecule has 0 aliphatic carbocycles. The summed E-state index contributed by atoms with van der Waals surface area (Å²) in [6.07, 6.45) is 5.34. The van der Waals surface area contributed by atoms with Crippen molar-refractivity contribution in [2.24, 2.45) is 0 Å². The number of anilines is 1. The Kier molecular flexibility index (Phi) is 4.75. The molecule has 1 saturated heterocycles. The van der Waals surface area contributed by atoms with Crippen LogP contribution in [-0.2, 0) is 0 Å². The monoisotopic (exact) mass is 250 g/mol. The molecule has 0 amide bonds. The molecule has 2 rings (SSSR count). The van der Waals surface area contributed by atoms with E-state index in [4.69, 9.17) is 4.74 Å². The van der Waals surface area contributed by atoms with Gasteiger partial charge in [-0.1, -0.05) is 6.92 Å². The van der Waals surface area contributed by atoms with Crippen molar-refractivity contribution in [3.63, 3.8) is 0 Å². The van der Waals surface area contributed by atoms with Gasteiger partial charge >= 0.3 is 0 Å². The van der Waals surface area contributed by atoms with Crippen LogP contribution in [0.3, 0.4) is 0 Å². The van der Waals surface area contributed by atoms with Crippen LogP contribution in [0.15, 0.2) is 12.3 Å². The Balaban J connectivity index is 2.01. The molecule has 1 unspecified atom stereocenters. The lowest BCUT2D eigenvalue weighted by Gasteiger charge is -2.25. The quantitative estimate of drug-likeness (QED) is 0.775. The van der Waals surface area contributed by atoms with Crippen LogP contribution in [0.1, 0.15) is 26.2 Å². The van der Waals surface area contributed by atoms with Crippen molar-refractivity contribution in [3.8, 4) is 5.88 Å². The standard InChI is InChI=1S/C13H22N4O/c1-3-7-14-10-11-5-4-9-17(11)13-15-8-6-12(16-13)18-2/h6,8,11,14H,3-5,7,9-10H2,1-2H3. The van der Waals surface area contributed by atoms with E-state index in [-0.39, 0.29) is 0 Å². The minimum Gasteiger partial charge on any atom is -0.481 e. The topological polar surface area (TPSA) is 50.3 Å². The van der Waals surface area contributed by atoms with Crippen molar-refractivity contribution >= 4 is 5.95 Å². The highest BCUT2D eigenvalue weighted by molar-refractivity contribution is 5.35. The second-order valence-corrected chi connectivity index (χ2v) is 4.59. The van der Waals surface area contributed by atoms with E-state index in [1.807, 2.05) is 0 Å². The van der Waals surface area contributed by atoms with E-state index >= 15 is 0 Å². The zero-order chi connectivity index (χ0) is 12.8. The van der Waals surface area contributed by atoms with Gasteiger partial charge in [-0.05, 0) is 25.8 Å². The van der Waals surface area contributed by atoms with Gasteiger partial charge in [0.1, 0.15) is 0 Å². The third kappa shape index (κ3) is 3.10. The van der Waals surface area contributed by atoms with E-state index in [2.05, 4.69) is 27.1 Å². The van der Waals surface area contributed by atoms with Gasteiger partial charge in [-0.3, -0.25) is 0 Å². The molecular weight excluding hydrogens is 228 g/mol. The second kappa shape index (κ2) is 6.54. The zero-order valence-corrected chi connectivity index (χ0v) is 11.2. The van der Waals surface area contributed by atoms with E-state index in [9.17, 15) is 0 Å². The van der Waals surface area contributed by atoms with Crippen LogP contribution in [-0.4, -0.2) is 42.8 Å². The lowest BCUT2D eigenvalue weighted by atomic mass is 10.2. The molecular formula is C13H22N4O. The van der Waals surface area contributed by atoms with Gasteiger partial charge in [0.15, 0.2) is 0 Å². The lowest BCUT2D eigenvalue weighted by Crippen LogP contribution is -2.39. The number of hydrogen-bond acceptors (Lipinski definition) is 5. The Hall–Kier alpha value is -1.36. The third-order valence-electron chi connectivity index (χ3n) is 3.27. The number of ether oxygens (including phenoxy) is 1. The smallest absolute Gasteiger partial charge is 0.228 e. The third-order valence-corrected chi connectivity index (χ3v) is 3.27. The van der Waals surface area contributed by atoms with Crippen molar-refractivity contribution in [2.75, 3.05) is 31.6 Å². The summed E-state index contributed by atoms with van der Waals surface area (Å²) in [6, 6.07) is 2.29. The number of nitrogens with one attached hydrogen (secondary N) is 1. The molecule has 1 atom stereocenters. The fourth-order valence-electron chi connectivity index (χ4n) is 2.34. The van der Waals surface area contributed by atoms with Crippen molar-refractivity contribution in [3.05, 3.63) is 12.3 Å². The maximum atomic E-state index is 5.15. The highest BCUT2D eigenvalue weighted by atomic mass is 16.5. The summed E-state index contributed by atoms with van der Waals surface area (Å²) >= 11 is 0. The Morgan fingerprint density at radius 3 is 3.22 bits per heavy atom. The SMILES string of the molecule is CCCNCC1CCCN1c1nccc(OC)n1. The Bertz CT molecular complexity index is 372. The summed E-state index contributed by atoms with van der Waals surface area (Å²) < 4.78 is 5.15. The average Bonchev–Trinajstić information content (AvgIpc) is 2.87. The molecule has 1 aliphatic heterocycles. The first-order valence-electron chi connectivity index (χ1n) is 6.69. The molecule has 1 fully saturated rings. The number of rotatable bonds is 6. The van der Waals surface area contributed by atoms with Gasteiger partial charge < -0.3 is 15.0 Å². The summed E-state index contributed by atoms with van der Waals surface area (Å²) in [6.45, 7) is 5.30. The second-order valence-electron chi connectivity index (χ2n) is 4.59. The molecule has 0 aromatic carbocycles. The van der Waals surface area contributed by atoms with Gasteiger partial charge in [-0.15, -0.1) is 0 Å². The van der Waals surface area contributed by atoms with Crippen LogP contribution in [0.25, 0.3) is 0 Å². The van der Waals surface area contributed by atoms with Crippen molar-refractivity contribution in [1.82, 2.24) is 15.3 Å². The van der Waals surface area contributed by atoms with E-state index in [0.29, 0.717) is 11.9 Å². The first-order valence-corrected chi connectivity index (χ1v) is 6.69. The molecule has 5 heteroatoms. The van der Waals surface area contributed by atoms with Crippen molar-refractivity contribution in [1.29, 1.82) is 0 Å². The fraction of sp³-hybridized carbons (Fsp3) is 0.692. The van der Waals surface area contributed by atoms with Crippen LogP contribution in [0.5, 0.6) is 5.88 Å². The number of nitrogens with zero attached hydrogens (tertiary/aromatic N) is 3. The largest absolute Gasteiger partial charge is 0.481 e. The molecule has 18 heavy (non-hydrogen) atoms. The van der Waals surface area contributed by atoms with Gasteiger partial charge in [0.25, 0.3) is 0 Å². The molecule has 0 bridgehead atoms. The summed E-state index contributed by atoms with van der Waals surface area (Å²) in [4.78, 5) is 11.1. The van der Waals surface area contributed by atoms with Gasteiger partial charge in [0, 0.05) is 31.4 Å². The molecule has 5 nitrogen and oxygen atoms in total. The van der Waals surface area contributed by atoms with E-state index < -0.39 is 0 Å². The van der Waals surface area contributed by atoms with Gasteiger partial charge in [-0.2, -0.15) is 4.98 Å². The highest BCUT2D eigenvalue weighted by Gasteiger charge is 2.26. The van der Waals surface area contributed by atoms with Crippen molar-refractivity contribution < 1.29 is 4.74 Å². The molecule has 1 N–H and O–H groups in total. The summed E-state index contributed by atoms with van der Waals surface area (Å²) in [5.41, 5.74) is 0. The van der Waals surface area contributed by atoms with Gasteiger partial charge in [-0.25, -0.2) is 4.98 Å². The predicted octanol–water partition coefficient (Wildman–Crippen LogP) is 1.45. The van der Waals surface area contributed by atoms with E-state index in [1.54, 1.807) is 19.4 Å². The van der Waals surface area contributed by atoms with Crippen LogP contribution in [0.2, 0.25) is 0 Å². The first kappa shape index (κ1) is 13.1. The maximum absolute atomic E-state index is 5.15. The molecule has 1 aromatic rings. The lowest BCUT2D eigenvalue weighted by molar-refractivity contribution is 0.396. The molecule has 2 heterocycles. The van der Waals surface area contributed by atoms with Crippen LogP contribution < -0.4 is 15.0 Å². The van der Waals surface area contributed by atoms with Crippen LogP contribution >= 0.6 is 0 Å². The molecule has 0 radical (unpaired) electrons. The first-order chi connectivity index (χ1) is 8.85. The molecule has 1 aromatic heterocycles. The minimum absolute atomic E-state index is 0.503.